The Morgan fingerprint density at radius 3 is 1.34 bits per heavy atom. The number of hydrogen-bond acceptors (Lipinski definition) is 11. The molecule has 0 radical (unpaired) electrons. The van der Waals surface area contributed by atoms with Crippen LogP contribution in [-0.2, 0) is 44.8 Å². The molecule has 332 valence electrons. The van der Waals surface area contributed by atoms with Crippen molar-refractivity contribution in [2.24, 2.45) is 29.2 Å². The van der Waals surface area contributed by atoms with Crippen molar-refractivity contribution in [1.29, 1.82) is 0 Å². The van der Waals surface area contributed by atoms with Crippen molar-refractivity contribution in [2.45, 2.75) is 122 Å². The Labute approximate surface area is 350 Å². The molecule has 0 aliphatic rings. The summed E-state index contributed by atoms with van der Waals surface area (Å²) in [7, 11) is 1.60. The van der Waals surface area contributed by atoms with E-state index in [4.69, 9.17) is 23.1 Å². The second kappa shape index (κ2) is 26.3. The Kier molecular flexibility index (Phi) is 23.2. The predicted molar refractivity (Wildman–Crippen MR) is 220 cm³/mol. The van der Waals surface area contributed by atoms with Crippen LogP contribution in [0.4, 0.5) is 0 Å². The van der Waals surface area contributed by atoms with Crippen molar-refractivity contribution < 1.29 is 48.6 Å². The summed E-state index contributed by atoms with van der Waals surface area (Å²) in [5, 5.41) is 38.3. The van der Waals surface area contributed by atoms with Gasteiger partial charge in [0.15, 0.2) is 0 Å². The highest BCUT2D eigenvalue weighted by Crippen LogP contribution is 2.15. The molecule has 0 bridgehead atoms. The highest BCUT2D eigenvalue weighted by atomic mass is 35.5. The first-order valence-corrected chi connectivity index (χ1v) is 20.2. The van der Waals surface area contributed by atoms with E-state index < -0.39 is 121 Å². The van der Waals surface area contributed by atoms with E-state index in [1.807, 2.05) is 0 Å². The van der Waals surface area contributed by atoms with Crippen molar-refractivity contribution in [1.82, 2.24) is 37.2 Å². The zero-order chi connectivity index (χ0) is 45.0. The number of nitrogens with two attached hydrogens (primary N) is 2. The standard InChI is InChI=1S/C39H64ClN9O10/c1-8-20(4)30(48-35(55)26(43-7)17-23-11-13-24(40)14-12-23)38(58)46-28(19-51)36(56)44-25(15-16-29(41)52)34(54)47-32(22(6)10-3)39(59)49-31(21(5)9-2)37(57)45-27(18-50)33(42)53/h11-14,20-22,25-28,30-32,43,50-51H,8-10,15-19H2,1-7H3,(H2,41,52)(H2,42,53)(H,44,56)(H,45,57)(H,46,58)(H,47,54)(H,48,55)(H,49,59)/t20-,21-,22-,25+,26+,27-,28-,30-,31-,32+/m0/s1. The first-order chi connectivity index (χ1) is 27.8. The summed E-state index contributed by atoms with van der Waals surface area (Å²) in [6, 6.07) is -1.95. The molecule has 13 N–H and O–H groups in total. The van der Waals surface area contributed by atoms with Crippen LogP contribution in [0.2, 0.25) is 5.02 Å². The van der Waals surface area contributed by atoms with Gasteiger partial charge in [-0.2, -0.15) is 0 Å². The summed E-state index contributed by atoms with van der Waals surface area (Å²) < 4.78 is 0. The van der Waals surface area contributed by atoms with Gasteiger partial charge in [0.2, 0.25) is 47.3 Å². The Morgan fingerprint density at radius 2 is 0.949 bits per heavy atom. The molecule has 1 rings (SSSR count). The number of aliphatic hydroxyl groups excluding tert-OH is 2. The maximum Gasteiger partial charge on any atom is 0.245 e. The molecule has 0 aliphatic heterocycles. The van der Waals surface area contributed by atoms with Gasteiger partial charge in [-0.25, -0.2) is 0 Å². The fraction of sp³-hybridized carbons (Fsp3) is 0.641. The third-order valence-electron chi connectivity index (χ3n) is 10.4. The van der Waals surface area contributed by atoms with E-state index in [-0.39, 0.29) is 19.3 Å². The van der Waals surface area contributed by atoms with Gasteiger partial charge in [-0.3, -0.25) is 38.4 Å². The number of hydrogen-bond donors (Lipinski definition) is 11. The molecule has 20 heteroatoms. The van der Waals surface area contributed by atoms with Crippen LogP contribution in [-0.4, -0.2) is 120 Å². The van der Waals surface area contributed by atoms with E-state index >= 15 is 0 Å². The summed E-state index contributed by atoms with van der Waals surface area (Å²) in [6.45, 7) is 8.70. The van der Waals surface area contributed by atoms with Crippen molar-refractivity contribution in [3.05, 3.63) is 34.9 Å². The molecule has 19 nitrogen and oxygen atoms in total. The summed E-state index contributed by atoms with van der Waals surface area (Å²) in [6.07, 6.45) is 0.811. The van der Waals surface area contributed by atoms with Crippen LogP contribution in [0.15, 0.2) is 24.3 Å². The lowest BCUT2D eigenvalue weighted by Gasteiger charge is -2.31. The number of carbonyl (C=O) groups excluding carboxylic acids is 8. The summed E-state index contributed by atoms with van der Waals surface area (Å²) in [5.41, 5.74) is 11.4. The largest absolute Gasteiger partial charge is 0.394 e. The third kappa shape index (κ3) is 17.1. The van der Waals surface area contributed by atoms with Crippen LogP contribution in [0.1, 0.15) is 79.2 Å². The Balaban J connectivity index is 3.28. The minimum absolute atomic E-state index is 0.278. The van der Waals surface area contributed by atoms with Crippen molar-refractivity contribution in [3.8, 4) is 0 Å². The van der Waals surface area contributed by atoms with Gasteiger partial charge in [0.05, 0.1) is 19.3 Å². The molecule has 10 atom stereocenters. The summed E-state index contributed by atoms with van der Waals surface area (Å²) in [5.74, 6) is -7.99. The average molecular weight is 854 g/mol. The van der Waals surface area contributed by atoms with E-state index in [9.17, 15) is 48.6 Å². The van der Waals surface area contributed by atoms with Gasteiger partial charge in [0.1, 0.15) is 36.3 Å². The number of carbonyl (C=O) groups is 8. The van der Waals surface area contributed by atoms with Crippen molar-refractivity contribution in [3.63, 3.8) is 0 Å². The summed E-state index contributed by atoms with van der Waals surface area (Å²) in [4.78, 5) is 105. The average Bonchev–Trinajstić information content (AvgIpc) is 3.21. The Hall–Kier alpha value is -4.85. The number of nitrogens with one attached hydrogen (secondary N) is 7. The number of amides is 8. The van der Waals surface area contributed by atoms with Gasteiger partial charge >= 0.3 is 0 Å². The molecule has 0 spiro atoms. The van der Waals surface area contributed by atoms with Gasteiger partial charge in [0.25, 0.3) is 0 Å². The van der Waals surface area contributed by atoms with E-state index in [2.05, 4.69) is 37.2 Å². The number of benzene rings is 1. The van der Waals surface area contributed by atoms with Crippen LogP contribution < -0.4 is 48.7 Å². The van der Waals surface area contributed by atoms with Crippen LogP contribution in [0.3, 0.4) is 0 Å². The predicted octanol–water partition coefficient (Wildman–Crippen LogP) is -1.75. The molecular formula is C39H64ClN9O10. The maximum absolute atomic E-state index is 13.8. The summed E-state index contributed by atoms with van der Waals surface area (Å²) >= 11 is 5.99. The minimum Gasteiger partial charge on any atom is -0.394 e. The quantitative estimate of drug-likeness (QED) is 0.0472. The van der Waals surface area contributed by atoms with Crippen LogP contribution in [0.25, 0.3) is 0 Å². The number of rotatable bonds is 27. The molecule has 0 saturated heterocycles. The van der Waals surface area contributed by atoms with Gasteiger partial charge in [-0.05, 0) is 55.3 Å². The van der Waals surface area contributed by atoms with E-state index in [1.165, 1.54) is 0 Å². The molecule has 0 saturated carbocycles. The van der Waals surface area contributed by atoms with Crippen molar-refractivity contribution in [2.75, 3.05) is 20.3 Å². The molecule has 0 heterocycles. The third-order valence-corrected chi connectivity index (χ3v) is 10.6. The van der Waals surface area contributed by atoms with Crippen molar-refractivity contribution >= 4 is 58.9 Å². The molecule has 1 aromatic carbocycles. The Bertz CT molecular complexity index is 1580. The van der Waals surface area contributed by atoms with Crippen LogP contribution >= 0.6 is 11.6 Å². The number of likely N-dealkylation sites (N-methyl/N-ethyl adjacent to an activating group) is 1. The first-order valence-electron chi connectivity index (χ1n) is 19.8. The topological polar surface area (TPSA) is 313 Å². The fourth-order valence-electron chi connectivity index (χ4n) is 5.79. The van der Waals surface area contributed by atoms with Gasteiger partial charge in [-0.1, -0.05) is 84.5 Å². The molecule has 59 heavy (non-hydrogen) atoms. The number of halogens is 1. The number of primary amides is 2. The highest BCUT2D eigenvalue weighted by Gasteiger charge is 2.36. The zero-order valence-corrected chi connectivity index (χ0v) is 35.7. The molecule has 0 aliphatic carbocycles. The van der Waals surface area contributed by atoms with E-state index in [0.717, 1.165) is 5.56 Å². The lowest BCUT2D eigenvalue weighted by atomic mass is 9.94. The van der Waals surface area contributed by atoms with Gasteiger partial charge < -0.3 is 58.9 Å². The molecule has 8 amide bonds. The smallest absolute Gasteiger partial charge is 0.245 e. The number of aliphatic hydroxyl groups is 2. The lowest BCUT2D eigenvalue weighted by Crippen LogP contribution is -2.62. The second-order valence-corrected chi connectivity index (χ2v) is 15.2. The Morgan fingerprint density at radius 1 is 0.576 bits per heavy atom. The lowest BCUT2D eigenvalue weighted by molar-refractivity contribution is -0.137. The second-order valence-electron chi connectivity index (χ2n) is 14.7. The molecule has 1 aromatic rings. The van der Waals surface area contributed by atoms with Crippen LogP contribution in [0, 0.1) is 17.8 Å². The molecule has 0 fully saturated rings. The molecular weight excluding hydrogens is 790 g/mol. The van der Waals surface area contributed by atoms with E-state index in [1.54, 1.807) is 72.9 Å². The fourth-order valence-corrected chi connectivity index (χ4v) is 5.92. The molecule has 0 aromatic heterocycles. The normalized spacial score (nSPS) is 16.2. The zero-order valence-electron chi connectivity index (χ0n) is 34.9. The van der Waals surface area contributed by atoms with Crippen LogP contribution in [0.5, 0.6) is 0 Å². The van der Waals surface area contributed by atoms with E-state index in [0.29, 0.717) is 24.3 Å². The highest BCUT2D eigenvalue weighted by molar-refractivity contribution is 6.30. The van der Waals surface area contributed by atoms with Gasteiger partial charge in [0, 0.05) is 11.4 Å². The minimum atomic E-state index is -1.62. The SMILES string of the molecule is CC[C@H](C)[C@H](NC(=O)[C@@H](Cc1ccc(Cl)cc1)NC)C(=O)N[C@@H](CO)C(=O)N[C@H](CCC(N)=O)C(=O)N[C@@H](C(=O)N[C@H](C(=O)N[C@@H](CO)C(N)=O)[C@@H](C)CC)[C@@H](C)CC. The monoisotopic (exact) mass is 853 g/mol. The maximum atomic E-state index is 13.8. The molecule has 0 unspecified atom stereocenters. The van der Waals surface area contributed by atoms with Gasteiger partial charge in [-0.15, -0.1) is 0 Å². The first kappa shape index (κ1) is 52.2.